The van der Waals surface area contributed by atoms with Crippen LogP contribution in [0.5, 0.6) is 0 Å². The van der Waals surface area contributed by atoms with Crippen LogP contribution in [0.3, 0.4) is 0 Å². The van der Waals surface area contributed by atoms with Crippen LogP contribution in [0.4, 0.5) is 4.39 Å². The summed E-state index contributed by atoms with van der Waals surface area (Å²) < 4.78 is 13.4. The molecule has 2 amide bonds. The number of amides is 2. The zero-order chi connectivity index (χ0) is 23.2. The molecule has 0 bridgehead atoms. The molecule has 8 heteroatoms. The van der Waals surface area contributed by atoms with Crippen molar-refractivity contribution in [1.29, 1.82) is 0 Å². The smallest absolute Gasteiger partial charge is 0.253 e. The Labute approximate surface area is 194 Å². The van der Waals surface area contributed by atoms with E-state index >= 15 is 0 Å². The minimum absolute atomic E-state index is 0.0167. The van der Waals surface area contributed by atoms with Gasteiger partial charge in [-0.25, -0.2) is 4.39 Å². The molecule has 2 heterocycles. The Hall–Kier alpha value is -2.84. The van der Waals surface area contributed by atoms with Crippen molar-refractivity contribution in [3.63, 3.8) is 0 Å². The van der Waals surface area contributed by atoms with Crippen LogP contribution in [0.1, 0.15) is 36.0 Å². The van der Waals surface area contributed by atoms with E-state index < -0.39 is 0 Å². The fourth-order valence-corrected chi connectivity index (χ4v) is 4.55. The van der Waals surface area contributed by atoms with Gasteiger partial charge in [-0.05, 0) is 57.0 Å². The van der Waals surface area contributed by atoms with E-state index in [2.05, 4.69) is 32.5 Å². The lowest BCUT2D eigenvalue weighted by molar-refractivity contribution is -0.123. The first-order chi connectivity index (χ1) is 16.0. The zero-order valence-electron chi connectivity index (χ0n) is 19.1. The van der Waals surface area contributed by atoms with Crippen molar-refractivity contribution in [2.75, 3.05) is 39.8 Å². The number of rotatable bonds is 6. The minimum atomic E-state index is -0.321. The van der Waals surface area contributed by atoms with Crippen LogP contribution in [0.15, 0.2) is 42.6 Å². The Kier molecular flexibility index (Phi) is 7.67. The van der Waals surface area contributed by atoms with Gasteiger partial charge in [0, 0.05) is 50.0 Å². The van der Waals surface area contributed by atoms with Crippen molar-refractivity contribution in [3.05, 3.63) is 54.0 Å². The van der Waals surface area contributed by atoms with Gasteiger partial charge in [0.1, 0.15) is 5.82 Å². The fourth-order valence-electron chi connectivity index (χ4n) is 4.55. The first kappa shape index (κ1) is 23.3. The monoisotopic (exact) mass is 453 g/mol. The summed E-state index contributed by atoms with van der Waals surface area (Å²) >= 11 is 0. The number of hydrogen-bond donors (Lipinski definition) is 2. The molecule has 2 N–H and O–H groups in total. The number of nitrogens with one attached hydrogen (secondary N) is 2. The largest absolute Gasteiger partial charge is 0.352 e. The maximum Gasteiger partial charge on any atom is 0.253 e. The van der Waals surface area contributed by atoms with Crippen LogP contribution in [0.2, 0.25) is 0 Å². The van der Waals surface area contributed by atoms with E-state index in [-0.39, 0.29) is 29.7 Å². The number of carbonyl (C=O) groups excluding carboxylic acids is 2. The number of nitrogens with zero attached hydrogens (tertiary/aromatic N) is 3. The van der Waals surface area contributed by atoms with Crippen molar-refractivity contribution in [3.8, 4) is 11.3 Å². The molecule has 2 fully saturated rings. The summed E-state index contributed by atoms with van der Waals surface area (Å²) in [6.07, 6.45) is 5.04. The summed E-state index contributed by atoms with van der Waals surface area (Å²) in [6.45, 7) is 4.25. The summed E-state index contributed by atoms with van der Waals surface area (Å²) in [4.78, 5) is 34.0. The Morgan fingerprint density at radius 1 is 1.06 bits per heavy atom. The molecular formula is C25H32FN5O2. The van der Waals surface area contributed by atoms with Crippen LogP contribution in [0, 0.1) is 5.82 Å². The van der Waals surface area contributed by atoms with Crippen LogP contribution >= 0.6 is 0 Å². The molecule has 0 unspecified atom stereocenters. The summed E-state index contributed by atoms with van der Waals surface area (Å²) in [6, 6.07) is 9.76. The second-order valence-corrected chi connectivity index (χ2v) is 9.12. The lowest BCUT2D eigenvalue weighted by Gasteiger charge is -2.33. The van der Waals surface area contributed by atoms with Gasteiger partial charge >= 0.3 is 0 Å². The highest BCUT2D eigenvalue weighted by molar-refractivity contribution is 5.94. The average Bonchev–Trinajstić information content (AvgIpc) is 2.81. The van der Waals surface area contributed by atoms with Gasteiger partial charge in [-0.2, -0.15) is 0 Å². The van der Waals surface area contributed by atoms with Gasteiger partial charge in [-0.15, -0.1) is 0 Å². The Balaban J connectivity index is 1.26. The van der Waals surface area contributed by atoms with Crippen LogP contribution < -0.4 is 10.6 Å². The van der Waals surface area contributed by atoms with E-state index in [1.54, 1.807) is 24.3 Å². The number of benzene rings is 1. The first-order valence-corrected chi connectivity index (χ1v) is 11.7. The maximum atomic E-state index is 13.4. The van der Waals surface area contributed by atoms with Gasteiger partial charge in [-0.3, -0.25) is 19.5 Å². The quantitative estimate of drug-likeness (QED) is 0.702. The molecule has 33 heavy (non-hydrogen) atoms. The molecule has 7 nitrogen and oxygen atoms in total. The van der Waals surface area contributed by atoms with Gasteiger partial charge in [0.25, 0.3) is 5.91 Å². The maximum absolute atomic E-state index is 13.4. The molecule has 2 aliphatic rings. The molecule has 1 saturated carbocycles. The van der Waals surface area contributed by atoms with E-state index in [0.717, 1.165) is 51.9 Å². The number of likely N-dealkylation sites (N-methyl/N-ethyl adjacent to an activating group) is 1. The molecule has 1 aliphatic carbocycles. The molecule has 2 aromatic rings. The molecule has 2 atom stereocenters. The van der Waals surface area contributed by atoms with Crippen LogP contribution in [0.25, 0.3) is 11.3 Å². The first-order valence-electron chi connectivity index (χ1n) is 11.7. The zero-order valence-corrected chi connectivity index (χ0v) is 19.1. The molecule has 0 radical (unpaired) electrons. The van der Waals surface area contributed by atoms with Crippen molar-refractivity contribution in [2.24, 2.45) is 0 Å². The number of hydrogen-bond acceptors (Lipinski definition) is 5. The summed E-state index contributed by atoms with van der Waals surface area (Å²) in [5.74, 6) is -0.435. The normalized spacial score (nSPS) is 22.0. The Bertz CT molecular complexity index is 960. The molecule has 176 valence electrons. The van der Waals surface area contributed by atoms with E-state index in [0.29, 0.717) is 23.4 Å². The second-order valence-electron chi connectivity index (χ2n) is 9.12. The van der Waals surface area contributed by atoms with Crippen molar-refractivity contribution < 1.29 is 14.0 Å². The fraction of sp³-hybridized carbons (Fsp3) is 0.480. The predicted molar refractivity (Wildman–Crippen MR) is 125 cm³/mol. The summed E-state index contributed by atoms with van der Waals surface area (Å²) in [5.41, 5.74) is 1.76. The van der Waals surface area contributed by atoms with Crippen LogP contribution in [-0.4, -0.2) is 78.5 Å². The standard InChI is InChI=1S/C25H32FN5O2/c1-30-10-12-31(13-11-30)17-24(32)28-21-6-3-7-22(15-21)29-25(33)19-8-9-23(27-16-19)18-4-2-5-20(26)14-18/h2,4-5,8-9,14,16,21-22H,3,6-7,10-13,15,17H2,1H3,(H,28,32)(H,29,33)/t21-,22+/m0/s1. The molecule has 1 aliphatic heterocycles. The lowest BCUT2D eigenvalue weighted by Crippen LogP contribution is -2.51. The third-order valence-electron chi connectivity index (χ3n) is 6.48. The van der Waals surface area contributed by atoms with Crippen molar-refractivity contribution in [1.82, 2.24) is 25.4 Å². The second kappa shape index (κ2) is 10.9. The SMILES string of the molecule is CN1CCN(CC(=O)N[C@H]2CCC[C@@H](NC(=O)c3ccc(-c4cccc(F)c4)nc3)C2)CC1. The molecule has 1 aromatic carbocycles. The number of carbonyl (C=O) groups is 2. The van der Waals surface area contributed by atoms with E-state index in [9.17, 15) is 14.0 Å². The van der Waals surface area contributed by atoms with Gasteiger partial charge in [0.15, 0.2) is 0 Å². The third-order valence-corrected chi connectivity index (χ3v) is 6.48. The summed E-state index contributed by atoms with van der Waals surface area (Å²) in [5, 5.41) is 6.25. The topological polar surface area (TPSA) is 77.6 Å². The van der Waals surface area contributed by atoms with Gasteiger partial charge in [0.05, 0.1) is 17.8 Å². The Morgan fingerprint density at radius 2 is 1.82 bits per heavy atom. The van der Waals surface area contributed by atoms with E-state index in [1.807, 2.05) is 0 Å². The average molecular weight is 454 g/mol. The van der Waals surface area contributed by atoms with Crippen LogP contribution in [-0.2, 0) is 4.79 Å². The predicted octanol–water partition coefficient (Wildman–Crippen LogP) is 2.29. The molecule has 1 aromatic heterocycles. The number of piperazine rings is 1. The molecule has 0 spiro atoms. The highest BCUT2D eigenvalue weighted by Crippen LogP contribution is 2.20. The van der Waals surface area contributed by atoms with E-state index in [4.69, 9.17) is 0 Å². The third kappa shape index (κ3) is 6.58. The Morgan fingerprint density at radius 3 is 2.52 bits per heavy atom. The molecule has 4 rings (SSSR count). The van der Waals surface area contributed by atoms with E-state index in [1.165, 1.54) is 18.3 Å². The van der Waals surface area contributed by atoms with Gasteiger partial charge in [-0.1, -0.05) is 12.1 Å². The highest BCUT2D eigenvalue weighted by atomic mass is 19.1. The lowest BCUT2D eigenvalue weighted by atomic mass is 9.90. The molecule has 1 saturated heterocycles. The minimum Gasteiger partial charge on any atom is -0.352 e. The van der Waals surface area contributed by atoms with Gasteiger partial charge < -0.3 is 15.5 Å². The number of halogens is 1. The summed E-state index contributed by atoms with van der Waals surface area (Å²) in [7, 11) is 2.10. The number of aromatic nitrogens is 1. The van der Waals surface area contributed by atoms with Crippen molar-refractivity contribution in [2.45, 2.75) is 37.8 Å². The highest BCUT2D eigenvalue weighted by Gasteiger charge is 2.26. The van der Waals surface area contributed by atoms with Gasteiger partial charge in [0.2, 0.25) is 5.91 Å². The van der Waals surface area contributed by atoms with Crippen molar-refractivity contribution >= 4 is 11.8 Å². The molecular weight excluding hydrogens is 421 g/mol. The number of pyridine rings is 1.